The molecule has 1 fully saturated rings. The Morgan fingerprint density at radius 3 is 2.79 bits per heavy atom. The van der Waals surface area contributed by atoms with Crippen LogP contribution in [0.4, 0.5) is 0 Å². The Bertz CT molecular complexity index is 1630. The highest BCUT2D eigenvalue weighted by Crippen LogP contribution is 2.21. The fraction of sp³-hybridized carbons (Fsp3) is 0.321. The summed E-state index contributed by atoms with van der Waals surface area (Å²) in [5, 5.41) is 0.197. The molecule has 11 nitrogen and oxygen atoms in total. The number of aryl methyl sites for hydroxylation is 2. The predicted molar refractivity (Wildman–Crippen MR) is 143 cm³/mol. The first-order chi connectivity index (χ1) is 18.9. The average Bonchev–Trinajstić information content (AvgIpc) is 3.36. The van der Waals surface area contributed by atoms with Crippen LogP contribution in [-0.2, 0) is 30.3 Å². The molecule has 0 N–H and O–H groups in total. The van der Waals surface area contributed by atoms with Crippen LogP contribution in [0.25, 0.3) is 16.7 Å². The lowest BCUT2D eigenvalue weighted by atomic mass is 10.2. The number of amides is 1. The van der Waals surface area contributed by atoms with Crippen molar-refractivity contribution in [3.8, 4) is 0 Å². The quantitative estimate of drug-likeness (QED) is 0.233. The lowest BCUT2D eigenvalue weighted by molar-refractivity contribution is -0.117. The van der Waals surface area contributed by atoms with Crippen LogP contribution in [0.1, 0.15) is 35.7 Å². The molecule has 0 aliphatic carbocycles. The molecule has 204 valence electrons. The van der Waals surface area contributed by atoms with Crippen molar-refractivity contribution in [2.24, 2.45) is 4.99 Å². The molecule has 0 unspecified atom stereocenters. The van der Waals surface area contributed by atoms with E-state index in [2.05, 4.69) is 11.6 Å². The van der Waals surface area contributed by atoms with Crippen molar-refractivity contribution in [1.29, 1.82) is 0 Å². The zero-order valence-electron chi connectivity index (χ0n) is 22.1. The molecule has 0 saturated carbocycles. The molecule has 4 heterocycles. The molecule has 0 atom stereocenters. The van der Waals surface area contributed by atoms with E-state index in [-0.39, 0.29) is 48.4 Å². The first kappa shape index (κ1) is 27.5. The molecule has 0 spiro atoms. The zero-order valence-corrected chi connectivity index (χ0v) is 22.1. The molecule has 3 aromatic rings. The molecule has 1 amide bonds. The largest absolute Gasteiger partial charge is 0.462 e. The van der Waals surface area contributed by atoms with E-state index < -0.39 is 11.9 Å². The van der Waals surface area contributed by atoms with Gasteiger partial charge in [0.05, 0.1) is 18.4 Å². The van der Waals surface area contributed by atoms with Gasteiger partial charge in [0, 0.05) is 26.5 Å². The number of carbonyl (C=O) groups excluding carboxylic acids is 2. The number of allylic oxidation sites excluding steroid dienone is 2. The number of carbonyl (C=O) groups is 2. The van der Waals surface area contributed by atoms with Gasteiger partial charge in [-0.25, -0.2) is 9.78 Å². The first-order valence-electron chi connectivity index (χ1n) is 12.5. The molecule has 39 heavy (non-hydrogen) atoms. The summed E-state index contributed by atoms with van der Waals surface area (Å²) in [5.41, 5.74) is 1.23. The highest BCUT2D eigenvalue weighted by Gasteiger charge is 2.21. The van der Waals surface area contributed by atoms with Crippen molar-refractivity contribution < 1.29 is 28.5 Å². The number of aromatic nitrogens is 3. The van der Waals surface area contributed by atoms with Crippen LogP contribution in [0.2, 0.25) is 0 Å². The molecule has 0 bridgehead atoms. The van der Waals surface area contributed by atoms with Gasteiger partial charge in [-0.2, -0.15) is 4.99 Å². The Morgan fingerprint density at radius 2 is 2.05 bits per heavy atom. The molecule has 4 rings (SSSR count). The van der Waals surface area contributed by atoms with Gasteiger partial charge >= 0.3 is 5.97 Å². The van der Waals surface area contributed by atoms with Crippen molar-refractivity contribution >= 4 is 28.6 Å². The van der Waals surface area contributed by atoms with Crippen LogP contribution in [0.5, 0.6) is 0 Å². The Kier molecular flexibility index (Phi) is 8.72. The number of pyridine rings is 2. The molecule has 11 heteroatoms. The SMILES string of the molecule is C=C/C=C1\OCO\C1=C/CC(=O)N=c1c(C(=O)OCC)cc2c(=O)n3cccc(C)c3nc2n1CCCOC. The van der Waals surface area contributed by atoms with Crippen LogP contribution < -0.4 is 11.0 Å². The third-order valence-electron chi connectivity index (χ3n) is 5.96. The summed E-state index contributed by atoms with van der Waals surface area (Å²) in [5.74, 6) is -0.401. The predicted octanol–water partition coefficient (Wildman–Crippen LogP) is 2.95. The minimum Gasteiger partial charge on any atom is -0.462 e. The normalized spacial score (nSPS) is 15.6. The molecule has 1 aliphatic heterocycles. The van der Waals surface area contributed by atoms with E-state index in [1.165, 1.54) is 10.5 Å². The third kappa shape index (κ3) is 5.83. The fourth-order valence-corrected chi connectivity index (χ4v) is 4.18. The van der Waals surface area contributed by atoms with E-state index in [0.717, 1.165) is 5.56 Å². The number of rotatable bonds is 9. The smallest absolute Gasteiger partial charge is 0.341 e. The zero-order chi connectivity index (χ0) is 27.9. The molecule has 1 saturated heterocycles. The maximum absolute atomic E-state index is 13.5. The van der Waals surface area contributed by atoms with E-state index in [1.54, 1.807) is 49.1 Å². The van der Waals surface area contributed by atoms with Gasteiger partial charge in [-0.05, 0) is 50.1 Å². The summed E-state index contributed by atoms with van der Waals surface area (Å²) >= 11 is 0. The number of hydrogen-bond acceptors (Lipinski definition) is 8. The Morgan fingerprint density at radius 1 is 1.26 bits per heavy atom. The van der Waals surface area contributed by atoms with Gasteiger partial charge in [-0.3, -0.25) is 14.0 Å². The van der Waals surface area contributed by atoms with Gasteiger partial charge in [0.2, 0.25) is 6.79 Å². The standard InChI is InChI=1S/C28H30N4O7/c1-5-9-21-22(39-17-38-21)11-12-23(33)29-26-20(28(35)37-6-2)16-19-25(31(26)14-8-15-36-4)30-24-18(3)10-7-13-32(24)27(19)34/h5,7,9-11,13,16H,1,6,8,12,14-15,17H2,2-4H3/b21-9-,22-11-,29-26?. The van der Waals surface area contributed by atoms with Gasteiger partial charge in [-0.15, -0.1) is 0 Å². The molecule has 0 radical (unpaired) electrons. The van der Waals surface area contributed by atoms with Crippen LogP contribution in [0.15, 0.2) is 70.5 Å². The second-order valence-electron chi connectivity index (χ2n) is 8.59. The minimum absolute atomic E-state index is 0.0121. The molecular formula is C28H30N4O7. The van der Waals surface area contributed by atoms with E-state index >= 15 is 0 Å². The summed E-state index contributed by atoms with van der Waals surface area (Å²) in [6.45, 7) is 7.97. The molecular weight excluding hydrogens is 504 g/mol. The Balaban J connectivity index is 1.96. The van der Waals surface area contributed by atoms with E-state index in [9.17, 15) is 14.4 Å². The summed E-state index contributed by atoms with van der Waals surface area (Å²) in [4.78, 5) is 48.7. The summed E-state index contributed by atoms with van der Waals surface area (Å²) in [6, 6.07) is 5.00. The summed E-state index contributed by atoms with van der Waals surface area (Å²) < 4.78 is 24.3. The average molecular weight is 535 g/mol. The summed E-state index contributed by atoms with van der Waals surface area (Å²) in [6.07, 6.45) is 6.74. The fourth-order valence-electron chi connectivity index (χ4n) is 4.18. The van der Waals surface area contributed by atoms with Crippen molar-refractivity contribution in [3.63, 3.8) is 0 Å². The number of hydrogen-bond donors (Lipinski definition) is 0. The lowest BCUT2D eigenvalue weighted by Gasteiger charge is -2.15. The highest BCUT2D eigenvalue weighted by molar-refractivity contribution is 5.94. The van der Waals surface area contributed by atoms with Crippen molar-refractivity contribution in [3.05, 3.63) is 87.7 Å². The molecule has 3 aromatic heterocycles. The van der Waals surface area contributed by atoms with E-state index in [1.807, 2.05) is 13.0 Å². The van der Waals surface area contributed by atoms with Crippen LogP contribution >= 0.6 is 0 Å². The second kappa shape index (κ2) is 12.4. The number of ether oxygens (including phenoxy) is 4. The number of methoxy groups -OCH3 is 1. The van der Waals surface area contributed by atoms with Crippen LogP contribution in [-0.4, -0.2) is 52.9 Å². The lowest BCUT2D eigenvalue weighted by Crippen LogP contribution is -2.33. The monoisotopic (exact) mass is 534 g/mol. The topological polar surface area (TPSA) is 123 Å². The van der Waals surface area contributed by atoms with Gasteiger partial charge < -0.3 is 23.5 Å². The van der Waals surface area contributed by atoms with Crippen molar-refractivity contribution in [2.45, 2.75) is 33.2 Å². The number of esters is 1. The third-order valence-corrected chi connectivity index (χ3v) is 5.96. The van der Waals surface area contributed by atoms with Crippen LogP contribution in [0.3, 0.4) is 0 Å². The number of fused-ring (bicyclic) bond motifs is 2. The van der Waals surface area contributed by atoms with Crippen molar-refractivity contribution in [2.75, 3.05) is 27.1 Å². The maximum Gasteiger partial charge on any atom is 0.341 e. The Hall–Kier alpha value is -4.51. The van der Waals surface area contributed by atoms with Crippen LogP contribution in [0, 0.1) is 6.92 Å². The van der Waals surface area contributed by atoms with Gasteiger partial charge in [-0.1, -0.05) is 18.7 Å². The van der Waals surface area contributed by atoms with Crippen molar-refractivity contribution in [1.82, 2.24) is 14.0 Å². The maximum atomic E-state index is 13.5. The minimum atomic E-state index is -0.706. The number of nitrogens with zero attached hydrogens (tertiary/aromatic N) is 4. The van der Waals surface area contributed by atoms with Gasteiger partial charge in [0.1, 0.15) is 16.9 Å². The van der Waals surface area contributed by atoms with Gasteiger partial charge in [0.25, 0.3) is 11.5 Å². The van der Waals surface area contributed by atoms with Gasteiger partial charge in [0.15, 0.2) is 17.0 Å². The second-order valence-corrected chi connectivity index (χ2v) is 8.59. The summed E-state index contributed by atoms with van der Waals surface area (Å²) in [7, 11) is 1.57. The molecule has 0 aromatic carbocycles. The van der Waals surface area contributed by atoms with E-state index in [4.69, 9.17) is 23.9 Å². The van der Waals surface area contributed by atoms with E-state index in [0.29, 0.717) is 35.8 Å². The molecule has 1 aliphatic rings. The highest BCUT2D eigenvalue weighted by atomic mass is 16.7. The first-order valence-corrected chi connectivity index (χ1v) is 12.5. The Labute approximate surface area is 224 Å².